The largest absolute Gasteiger partial charge is 0.399 e. The molecule has 0 aliphatic rings. The van der Waals surface area contributed by atoms with E-state index < -0.39 is 0 Å². The Balaban J connectivity index is 2.67. The van der Waals surface area contributed by atoms with E-state index >= 15 is 0 Å². The van der Waals surface area contributed by atoms with Crippen molar-refractivity contribution in [1.82, 2.24) is 5.32 Å². The van der Waals surface area contributed by atoms with E-state index in [0.29, 0.717) is 11.6 Å². The quantitative estimate of drug-likeness (QED) is 0.773. The Morgan fingerprint density at radius 2 is 1.89 bits per heavy atom. The van der Waals surface area contributed by atoms with Crippen molar-refractivity contribution in [2.45, 2.75) is 52.5 Å². The van der Waals surface area contributed by atoms with Crippen LogP contribution >= 0.6 is 0 Å². The lowest BCUT2D eigenvalue weighted by molar-refractivity contribution is -0.123. The minimum atomic E-state index is -0.166. The number of benzene rings is 1. The zero-order valence-corrected chi connectivity index (χ0v) is 12.4. The summed E-state index contributed by atoms with van der Waals surface area (Å²) in [5.74, 6) is 0.447. The van der Waals surface area contributed by atoms with E-state index in [2.05, 4.69) is 26.1 Å². The first-order chi connectivity index (χ1) is 8.99. The van der Waals surface area contributed by atoms with Crippen molar-refractivity contribution in [1.29, 1.82) is 0 Å². The maximum absolute atomic E-state index is 12.2. The van der Waals surface area contributed by atoms with E-state index in [0.717, 1.165) is 18.4 Å². The van der Waals surface area contributed by atoms with Crippen LogP contribution in [0.1, 0.15) is 52.0 Å². The highest BCUT2D eigenvalue weighted by Gasteiger charge is 2.20. The molecule has 1 aromatic rings. The zero-order chi connectivity index (χ0) is 14.4. The summed E-state index contributed by atoms with van der Waals surface area (Å²) >= 11 is 0. The first-order valence-corrected chi connectivity index (χ1v) is 7.15. The van der Waals surface area contributed by atoms with Crippen LogP contribution in [0, 0.1) is 5.92 Å². The predicted octanol–water partition coefficient (Wildman–Crippen LogP) is 3.31. The van der Waals surface area contributed by atoms with Gasteiger partial charge in [0, 0.05) is 11.7 Å². The fourth-order valence-corrected chi connectivity index (χ4v) is 2.44. The van der Waals surface area contributed by atoms with Crippen molar-refractivity contribution in [3.05, 3.63) is 29.8 Å². The number of nitrogens with two attached hydrogens (primary N) is 1. The van der Waals surface area contributed by atoms with Gasteiger partial charge < -0.3 is 11.1 Å². The summed E-state index contributed by atoms with van der Waals surface area (Å²) < 4.78 is 0. The van der Waals surface area contributed by atoms with Crippen LogP contribution in [-0.4, -0.2) is 11.9 Å². The van der Waals surface area contributed by atoms with Crippen LogP contribution in [0.2, 0.25) is 0 Å². The number of hydrogen-bond donors (Lipinski definition) is 2. The van der Waals surface area contributed by atoms with Crippen LogP contribution in [0.5, 0.6) is 0 Å². The monoisotopic (exact) mass is 262 g/mol. The first kappa shape index (κ1) is 15.5. The van der Waals surface area contributed by atoms with Gasteiger partial charge in [0.05, 0.1) is 5.92 Å². The Bertz CT molecular complexity index is 413. The molecule has 106 valence electrons. The lowest BCUT2D eigenvalue weighted by atomic mass is 9.94. The molecular weight excluding hydrogens is 236 g/mol. The van der Waals surface area contributed by atoms with Gasteiger partial charge in [-0.1, -0.05) is 38.8 Å². The molecule has 1 aromatic carbocycles. The van der Waals surface area contributed by atoms with E-state index in [1.807, 2.05) is 31.2 Å². The topological polar surface area (TPSA) is 55.1 Å². The number of anilines is 1. The van der Waals surface area contributed by atoms with Gasteiger partial charge in [-0.15, -0.1) is 0 Å². The number of nitrogens with one attached hydrogen (secondary N) is 1. The molecular formula is C16H26N2O. The number of amides is 1. The van der Waals surface area contributed by atoms with Crippen LogP contribution in [0.4, 0.5) is 5.69 Å². The molecule has 0 aliphatic heterocycles. The van der Waals surface area contributed by atoms with E-state index in [4.69, 9.17) is 5.73 Å². The average molecular weight is 262 g/mol. The summed E-state index contributed by atoms with van der Waals surface area (Å²) in [7, 11) is 0. The Morgan fingerprint density at radius 3 is 2.42 bits per heavy atom. The highest BCUT2D eigenvalue weighted by atomic mass is 16.1. The summed E-state index contributed by atoms with van der Waals surface area (Å²) in [4.78, 5) is 12.2. The molecule has 0 heterocycles. The predicted molar refractivity (Wildman–Crippen MR) is 80.9 cm³/mol. The molecule has 3 nitrogen and oxygen atoms in total. The zero-order valence-electron chi connectivity index (χ0n) is 12.4. The summed E-state index contributed by atoms with van der Waals surface area (Å²) in [6.45, 7) is 8.33. The third-order valence-electron chi connectivity index (χ3n) is 3.93. The van der Waals surface area contributed by atoms with Gasteiger partial charge in [-0.05, 0) is 37.5 Å². The second-order valence-electron chi connectivity index (χ2n) is 5.27. The summed E-state index contributed by atoms with van der Waals surface area (Å²) in [6, 6.07) is 7.75. The number of nitrogen functional groups attached to an aromatic ring is 1. The minimum Gasteiger partial charge on any atom is -0.399 e. The van der Waals surface area contributed by atoms with E-state index in [1.165, 1.54) is 0 Å². The Morgan fingerprint density at radius 1 is 1.26 bits per heavy atom. The molecule has 1 rings (SSSR count). The fourth-order valence-electron chi connectivity index (χ4n) is 2.44. The Hall–Kier alpha value is -1.51. The van der Waals surface area contributed by atoms with Crippen LogP contribution in [0.3, 0.4) is 0 Å². The summed E-state index contributed by atoms with van der Waals surface area (Å²) in [5, 5.41) is 3.12. The van der Waals surface area contributed by atoms with Gasteiger partial charge in [0.2, 0.25) is 5.91 Å². The van der Waals surface area contributed by atoms with Crippen molar-refractivity contribution in [2.75, 3.05) is 5.73 Å². The Kier molecular flexibility index (Phi) is 5.87. The summed E-state index contributed by atoms with van der Waals surface area (Å²) in [5.41, 5.74) is 7.42. The number of carbonyl (C=O) groups is 1. The van der Waals surface area contributed by atoms with Crippen molar-refractivity contribution in [2.24, 2.45) is 5.92 Å². The maximum Gasteiger partial charge on any atom is 0.227 e. The molecule has 3 heteroatoms. The molecule has 0 aliphatic carbocycles. The Labute approximate surface area is 116 Å². The van der Waals surface area contributed by atoms with Gasteiger partial charge in [-0.3, -0.25) is 4.79 Å². The second kappa shape index (κ2) is 7.17. The number of rotatable bonds is 6. The summed E-state index contributed by atoms with van der Waals surface area (Å²) in [6.07, 6.45) is 2.18. The SMILES string of the molecule is CCC(CC)C(C)NC(=O)C(C)c1cccc(N)c1. The van der Waals surface area contributed by atoms with Gasteiger partial charge in [0.15, 0.2) is 0 Å². The molecule has 0 aromatic heterocycles. The van der Waals surface area contributed by atoms with E-state index in [1.54, 1.807) is 0 Å². The molecule has 1 amide bonds. The standard InChI is InChI=1S/C16H26N2O/c1-5-13(6-2)12(4)18-16(19)11(3)14-8-7-9-15(17)10-14/h7-13H,5-6,17H2,1-4H3,(H,18,19). The maximum atomic E-state index is 12.2. The fraction of sp³-hybridized carbons (Fsp3) is 0.562. The van der Waals surface area contributed by atoms with Crippen LogP contribution in [0.25, 0.3) is 0 Å². The molecule has 0 radical (unpaired) electrons. The molecule has 3 N–H and O–H groups in total. The normalized spacial score (nSPS) is 14.2. The third-order valence-corrected chi connectivity index (χ3v) is 3.93. The average Bonchev–Trinajstić information content (AvgIpc) is 2.39. The van der Waals surface area contributed by atoms with Crippen LogP contribution in [-0.2, 0) is 4.79 Å². The molecule has 0 spiro atoms. The highest BCUT2D eigenvalue weighted by Crippen LogP contribution is 2.19. The molecule has 0 saturated carbocycles. The molecule has 2 unspecified atom stereocenters. The number of carbonyl (C=O) groups excluding carboxylic acids is 1. The van der Waals surface area contributed by atoms with Crippen molar-refractivity contribution in [3.63, 3.8) is 0 Å². The van der Waals surface area contributed by atoms with Crippen molar-refractivity contribution in [3.8, 4) is 0 Å². The van der Waals surface area contributed by atoms with Gasteiger partial charge >= 0.3 is 0 Å². The molecule has 0 saturated heterocycles. The lowest BCUT2D eigenvalue weighted by Crippen LogP contribution is -2.39. The van der Waals surface area contributed by atoms with Crippen LogP contribution in [0.15, 0.2) is 24.3 Å². The van der Waals surface area contributed by atoms with E-state index in [-0.39, 0.29) is 17.9 Å². The van der Waals surface area contributed by atoms with Gasteiger partial charge in [0.1, 0.15) is 0 Å². The van der Waals surface area contributed by atoms with E-state index in [9.17, 15) is 4.79 Å². The molecule has 0 bridgehead atoms. The third kappa shape index (κ3) is 4.27. The highest BCUT2D eigenvalue weighted by molar-refractivity contribution is 5.83. The first-order valence-electron chi connectivity index (χ1n) is 7.15. The number of hydrogen-bond acceptors (Lipinski definition) is 2. The van der Waals surface area contributed by atoms with Crippen molar-refractivity contribution >= 4 is 11.6 Å². The molecule has 2 atom stereocenters. The van der Waals surface area contributed by atoms with Gasteiger partial charge in [-0.25, -0.2) is 0 Å². The molecule has 19 heavy (non-hydrogen) atoms. The van der Waals surface area contributed by atoms with Gasteiger partial charge in [0.25, 0.3) is 0 Å². The van der Waals surface area contributed by atoms with Crippen molar-refractivity contribution < 1.29 is 4.79 Å². The van der Waals surface area contributed by atoms with Crippen LogP contribution < -0.4 is 11.1 Å². The lowest BCUT2D eigenvalue weighted by Gasteiger charge is -2.24. The molecule has 0 fully saturated rings. The van der Waals surface area contributed by atoms with Gasteiger partial charge in [-0.2, -0.15) is 0 Å². The smallest absolute Gasteiger partial charge is 0.227 e. The second-order valence-corrected chi connectivity index (χ2v) is 5.27. The minimum absolute atomic E-state index is 0.0741.